The van der Waals surface area contributed by atoms with Crippen LogP contribution in [-0.4, -0.2) is 23.5 Å². The molecule has 1 rings (SSSR count). The maximum atomic E-state index is 10.6. The van der Waals surface area contributed by atoms with Crippen molar-refractivity contribution in [3.8, 4) is 0 Å². The first kappa shape index (κ1) is 16.9. The number of non-ortho nitro benzene ring substituents is 1. The lowest BCUT2D eigenvalue weighted by Gasteiger charge is -2.16. The summed E-state index contributed by atoms with van der Waals surface area (Å²) in [5, 5.41) is 17.2. The van der Waals surface area contributed by atoms with Crippen molar-refractivity contribution in [1.82, 2.24) is 10.6 Å². The van der Waals surface area contributed by atoms with Gasteiger partial charge in [0.05, 0.1) is 11.5 Å². The van der Waals surface area contributed by atoms with E-state index >= 15 is 0 Å². The van der Waals surface area contributed by atoms with Crippen molar-refractivity contribution < 1.29 is 4.92 Å². The van der Waals surface area contributed by atoms with Crippen LogP contribution in [0.25, 0.3) is 0 Å². The summed E-state index contributed by atoms with van der Waals surface area (Å²) in [6.07, 6.45) is 2.04. The molecule has 1 aromatic carbocycles. The van der Waals surface area contributed by atoms with Crippen LogP contribution in [0.1, 0.15) is 39.2 Å². The molecule has 0 heterocycles. The highest BCUT2D eigenvalue weighted by Crippen LogP contribution is 2.12. The van der Waals surface area contributed by atoms with E-state index in [9.17, 15) is 10.1 Å². The molecule has 0 aliphatic carbocycles. The number of hydrogen-bond acceptors (Lipinski definition) is 3. The molecule has 116 valence electrons. The summed E-state index contributed by atoms with van der Waals surface area (Å²) in [6, 6.07) is 6.84. The van der Waals surface area contributed by atoms with E-state index in [1.807, 2.05) is 0 Å². The van der Waals surface area contributed by atoms with Gasteiger partial charge in [0.2, 0.25) is 0 Å². The summed E-state index contributed by atoms with van der Waals surface area (Å²) in [5.74, 6) is 0.782. The number of nitrogens with zero attached hydrogens (tertiary/aromatic N) is 2. The van der Waals surface area contributed by atoms with Crippen LogP contribution < -0.4 is 10.6 Å². The predicted molar refractivity (Wildman–Crippen MR) is 85.4 cm³/mol. The van der Waals surface area contributed by atoms with Gasteiger partial charge in [0, 0.05) is 24.7 Å². The van der Waals surface area contributed by atoms with Gasteiger partial charge in [0.25, 0.3) is 5.69 Å². The topological polar surface area (TPSA) is 79.6 Å². The number of nitrogens with one attached hydrogen (secondary N) is 2. The van der Waals surface area contributed by atoms with E-state index in [0.29, 0.717) is 12.6 Å². The van der Waals surface area contributed by atoms with E-state index < -0.39 is 4.92 Å². The molecular weight excluding hydrogens is 268 g/mol. The Morgan fingerprint density at radius 1 is 1.33 bits per heavy atom. The minimum absolute atomic E-state index is 0.102. The Kier molecular flexibility index (Phi) is 7.21. The predicted octanol–water partition coefficient (Wildman–Crippen LogP) is 2.84. The molecule has 0 saturated heterocycles. The number of guanidine groups is 1. The molecule has 2 N–H and O–H groups in total. The van der Waals surface area contributed by atoms with Crippen molar-refractivity contribution in [2.24, 2.45) is 4.99 Å². The Hall–Kier alpha value is -2.11. The second-order valence-electron chi connectivity index (χ2n) is 4.97. The third-order valence-corrected chi connectivity index (χ3v) is 3.10. The highest BCUT2D eigenvalue weighted by molar-refractivity contribution is 5.80. The first-order valence-electron chi connectivity index (χ1n) is 7.35. The Morgan fingerprint density at radius 3 is 2.52 bits per heavy atom. The van der Waals surface area contributed by atoms with Gasteiger partial charge in [-0.1, -0.05) is 26.0 Å². The molecule has 1 atom stereocenters. The zero-order valence-corrected chi connectivity index (χ0v) is 12.9. The summed E-state index contributed by atoms with van der Waals surface area (Å²) in [5.41, 5.74) is 1.05. The van der Waals surface area contributed by atoms with Crippen LogP contribution in [0.2, 0.25) is 0 Å². The molecule has 0 aromatic heterocycles. The fraction of sp³-hybridized carbons (Fsp3) is 0.533. The van der Waals surface area contributed by atoms with Crippen LogP contribution in [0.3, 0.4) is 0 Å². The van der Waals surface area contributed by atoms with E-state index in [1.54, 1.807) is 12.1 Å². The smallest absolute Gasteiger partial charge is 0.269 e. The van der Waals surface area contributed by atoms with Crippen LogP contribution in [0.4, 0.5) is 5.69 Å². The molecule has 0 bridgehead atoms. The Labute approximate surface area is 125 Å². The van der Waals surface area contributed by atoms with E-state index in [2.05, 4.69) is 36.4 Å². The zero-order chi connectivity index (χ0) is 15.7. The van der Waals surface area contributed by atoms with Gasteiger partial charge in [-0.25, -0.2) is 4.99 Å². The number of nitro groups is 1. The molecule has 6 nitrogen and oxygen atoms in total. The molecule has 6 heteroatoms. The Bertz CT molecular complexity index is 471. The van der Waals surface area contributed by atoms with Crippen LogP contribution in [0.5, 0.6) is 0 Å². The molecule has 1 unspecified atom stereocenters. The van der Waals surface area contributed by atoms with Gasteiger partial charge >= 0.3 is 0 Å². The number of rotatable bonds is 7. The molecule has 0 spiro atoms. The SMILES string of the molecule is CCCNC(=NCc1ccc([N+](=O)[O-])cc1)NC(C)CC. The lowest BCUT2D eigenvalue weighted by atomic mass is 10.2. The summed E-state index contributed by atoms with van der Waals surface area (Å²) in [7, 11) is 0. The molecule has 21 heavy (non-hydrogen) atoms. The van der Waals surface area contributed by atoms with Crippen molar-refractivity contribution in [3.05, 3.63) is 39.9 Å². The summed E-state index contributed by atoms with van der Waals surface area (Å²) < 4.78 is 0. The fourth-order valence-electron chi connectivity index (χ4n) is 1.62. The molecule has 0 fully saturated rings. The molecule has 0 amide bonds. The number of benzene rings is 1. The minimum atomic E-state index is -0.397. The second-order valence-corrected chi connectivity index (χ2v) is 4.97. The van der Waals surface area contributed by atoms with Crippen molar-refractivity contribution in [3.63, 3.8) is 0 Å². The maximum Gasteiger partial charge on any atom is 0.269 e. The first-order valence-corrected chi connectivity index (χ1v) is 7.35. The summed E-state index contributed by atoms with van der Waals surface area (Å²) in [4.78, 5) is 14.7. The summed E-state index contributed by atoms with van der Waals surface area (Å²) >= 11 is 0. The van der Waals surface area contributed by atoms with Crippen LogP contribution in [0.15, 0.2) is 29.3 Å². The van der Waals surface area contributed by atoms with Gasteiger partial charge in [0.15, 0.2) is 5.96 Å². The average Bonchev–Trinajstić information content (AvgIpc) is 2.50. The van der Waals surface area contributed by atoms with Crippen LogP contribution in [-0.2, 0) is 6.54 Å². The first-order chi connectivity index (χ1) is 10.1. The van der Waals surface area contributed by atoms with Crippen molar-refractivity contribution in [2.45, 2.75) is 46.2 Å². The van der Waals surface area contributed by atoms with Crippen molar-refractivity contribution >= 4 is 11.6 Å². The van der Waals surface area contributed by atoms with Gasteiger partial charge in [-0.15, -0.1) is 0 Å². The van der Waals surface area contributed by atoms with E-state index in [1.165, 1.54) is 12.1 Å². The monoisotopic (exact) mass is 292 g/mol. The molecule has 0 aliphatic heterocycles. The van der Waals surface area contributed by atoms with E-state index in [-0.39, 0.29) is 5.69 Å². The lowest BCUT2D eigenvalue weighted by Crippen LogP contribution is -2.42. The lowest BCUT2D eigenvalue weighted by molar-refractivity contribution is -0.384. The zero-order valence-electron chi connectivity index (χ0n) is 12.9. The minimum Gasteiger partial charge on any atom is -0.356 e. The Balaban J connectivity index is 2.68. The van der Waals surface area contributed by atoms with Crippen LogP contribution in [0, 0.1) is 10.1 Å². The third kappa shape index (κ3) is 6.25. The van der Waals surface area contributed by atoms with Crippen LogP contribution >= 0.6 is 0 Å². The average molecular weight is 292 g/mol. The Morgan fingerprint density at radius 2 is 2.00 bits per heavy atom. The van der Waals surface area contributed by atoms with Gasteiger partial charge in [-0.3, -0.25) is 10.1 Å². The quantitative estimate of drug-likeness (QED) is 0.350. The van der Waals surface area contributed by atoms with Gasteiger partial charge in [0.1, 0.15) is 0 Å². The maximum absolute atomic E-state index is 10.6. The van der Waals surface area contributed by atoms with Crippen molar-refractivity contribution in [2.75, 3.05) is 6.54 Å². The number of aliphatic imine (C=N–C) groups is 1. The van der Waals surface area contributed by atoms with E-state index in [0.717, 1.165) is 30.9 Å². The molecule has 0 aliphatic rings. The fourth-order valence-corrected chi connectivity index (χ4v) is 1.62. The molecule has 0 radical (unpaired) electrons. The van der Waals surface area contributed by atoms with E-state index in [4.69, 9.17) is 0 Å². The largest absolute Gasteiger partial charge is 0.356 e. The molecular formula is C15H24N4O2. The highest BCUT2D eigenvalue weighted by Gasteiger charge is 2.05. The van der Waals surface area contributed by atoms with Gasteiger partial charge < -0.3 is 10.6 Å². The molecule has 1 aromatic rings. The van der Waals surface area contributed by atoms with Gasteiger partial charge in [-0.2, -0.15) is 0 Å². The second kappa shape index (κ2) is 8.94. The number of hydrogen-bond donors (Lipinski definition) is 2. The highest BCUT2D eigenvalue weighted by atomic mass is 16.6. The standard InChI is InChI=1S/C15H24N4O2/c1-4-10-16-15(18-12(3)5-2)17-11-13-6-8-14(9-7-13)19(20)21/h6-9,12H,4-5,10-11H2,1-3H3,(H2,16,17,18). The third-order valence-electron chi connectivity index (χ3n) is 3.10. The van der Waals surface area contributed by atoms with Crippen molar-refractivity contribution in [1.29, 1.82) is 0 Å². The van der Waals surface area contributed by atoms with Gasteiger partial charge in [-0.05, 0) is 25.3 Å². The summed E-state index contributed by atoms with van der Waals surface area (Å²) in [6.45, 7) is 7.68. The number of nitro benzene ring substituents is 1. The normalized spacial score (nSPS) is 12.8. The molecule has 0 saturated carbocycles.